The van der Waals surface area contributed by atoms with Crippen LogP contribution in [0.3, 0.4) is 0 Å². The summed E-state index contributed by atoms with van der Waals surface area (Å²) in [6, 6.07) is 1.15. The van der Waals surface area contributed by atoms with E-state index in [-0.39, 0.29) is 12.1 Å². The SMILES string of the molecule is CCNC(C)(c1cc(F)c(F)c(F)c1)C(F)F. The first kappa shape index (κ1) is 13.9. The topological polar surface area (TPSA) is 12.0 Å². The zero-order valence-electron chi connectivity index (χ0n) is 9.33. The molecule has 1 rings (SSSR count). The lowest BCUT2D eigenvalue weighted by molar-refractivity contribution is 0.0390. The average Bonchev–Trinajstić information content (AvgIpc) is 2.25. The molecule has 1 aromatic rings. The smallest absolute Gasteiger partial charge is 0.260 e. The van der Waals surface area contributed by atoms with Crippen molar-refractivity contribution >= 4 is 0 Å². The first-order valence-electron chi connectivity index (χ1n) is 5.01. The molecule has 1 nitrogen and oxygen atoms in total. The summed E-state index contributed by atoms with van der Waals surface area (Å²) in [4.78, 5) is 0. The van der Waals surface area contributed by atoms with Crippen LogP contribution >= 0.6 is 0 Å². The van der Waals surface area contributed by atoms with Gasteiger partial charge in [-0.05, 0) is 31.2 Å². The van der Waals surface area contributed by atoms with Gasteiger partial charge in [-0.2, -0.15) is 0 Å². The number of alkyl halides is 2. The van der Waals surface area contributed by atoms with E-state index in [2.05, 4.69) is 5.32 Å². The molecular formula is C11H12F5N. The molecule has 0 spiro atoms. The van der Waals surface area contributed by atoms with Gasteiger partial charge in [0.05, 0.1) is 0 Å². The molecule has 17 heavy (non-hydrogen) atoms. The molecule has 0 heterocycles. The van der Waals surface area contributed by atoms with Gasteiger partial charge in [0, 0.05) is 0 Å². The summed E-state index contributed by atoms with van der Waals surface area (Å²) < 4.78 is 64.5. The summed E-state index contributed by atoms with van der Waals surface area (Å²) in [7, 11) is 0. The minimum atomic E-state index is -2.88. The highest BCUT2D eigenvalue weighted by atomic mass is 19.3. The summed E-state index contributed by atoms with van der Waals surface area (Å²) in [5.41, 5.74) is -2.24. The summed E-state index contributed by atoms with van der Waals surface area (Å²) >= 11 is 0. The van der Waals surface area contributed by atoms with Crippen LogP contribution in [0.5, 0.6) is 0 Å². The fourth-order valence-corrected chi connectivity index (χ4v) is 1.53. The molecule has 0 amide bonds. The van der Waals surface area contributed by atoms with E-state index in [1.165, 1.54) is 0 Å². The van der Waals surface area contributed by atoms with Gasteiger partial charge >= 0.3 is 0 Å². The molecular weight excluding hydrogens is 241 g/mol. The van der Waals surface area contributed by atoms with Gasteiger partial charge in [0.25, 0.3) is 6.43 Å². The highest BCUT2D eigenvalue weighted by molar-refractivity contribution is 5.27. The molecule has 0 fully saturated rings. The molecule has 0 bridgehead atoms. The lowest BCUT2D eigenvalue weighted by atomic mass is 9.92. The molecule has 1 unspecified atom stereocenters. The van der Waals surface area contributed by atoms with Gasteiger partial charge < -0.3 is 5.32 Å². The Balaban J connectivity index is 3.29. The number of hydrogen-bond acceptors (Lipinski definition) is 1. The highest BCUT2D eigenvalue weighted by Crippen LogP contribution is 2.30. The summed E-state index contributed by atoms with van der Waals surface area (Å²) in [6.07, 6.45) is -2.88. The number of benzene rings is 1. The van der Waals surface area contributed by atoms with Crippen LogP contribution in [0.2, 0.25) is 0 Å². The van der Waals surface area contributed by atoms with E-state index in [4.69, 9.17) is 0 Å². The van der Waals surface area contributed by atoms with Crippen molar-refractivity contribution in [3.8, 4) is 0 Å². The Morgan fingerprint density at radius 2 is 1.65 bits per heavy atom. The van der Waals surface area contributed by atoms with Crippen LogP contribution in [0.25, 0.3) is 0 Å². The maximum absolute atomic E-state index is 13.0. The molecule has 0 aliphatic heterocycles. The van der Waals surface area contributed by atoms with Gasteiger partial charge in [-0.1, -0.05) is 6.92 Å². The first-order valence-corrected chi connectivity index (χ1v) is 5.01. The molecule has 1 N–H and O–H groups in total. The van der Waals surface area contributed by atoms with E-state index in [0.29, 0.717) is 12.1 Å². The predicted molar refractivity (Wildman–Crippen MR) is 53.3 cm³/mol. The third kappa shape index (κ3) is 2.57. The summed E-state index contributed by atoms with van der Waals surface area (Å²) in [5, 5.41) is 2.44. The van der Waals surface area contributed by atoms with E-state index in [1.807, 2.05) is 0 Å². The minimum absolute atomic E-state index is 0.182. The van der Waals surface area contributed by atoms with Crippen molar-refractivity contribution in [1.82, 2.24) is 5.32 Å². The largest absolute Gasteiger partial charge is 0.303 e. The van der Waals surface area contributed by atoms with Gasteiger partial charge in [-0.3, -0.25) is 0 Å². The fraction of sp³-hybridized carbons (Fsp3) is 0.455. The van der Waals surface area contributed by atoms with Crippen molar-refractivity contribution in [3.05, 3.63) is 35.1 Å². The molecule has 0 aliphatic carbocycles. The summed E-state index contributed by atoms with van der Waals surface area (Å²) in [6.45, 7) is 2.87. The minimum Gasteiger partial charge on any atom is -0.303 e. The van der Waals surface area contributed by atoms with Crippen molar-refractivity contribution in [2.45, 2.75) is 25.8 Å². The molecule has 6 heteroatoms. The Labute approximate surface area is 95.6 Å². The Bertz CT molecular complexity index is 384. The molecule has 1 aromatic carbocycles. The summed E-state index contributed by atoms with van der Waals surface area (Å²) in [5.74, 6) is -4.63. The van der Waals surface area contributed by atoms with Gasteiger partial charge in [0.1, 0.15) is 5.54 Å². The van der Waals surface area contributed by atoms with E-state index in [9.17, 15) is 22.0 Å². The van der Waals surface area contributed by atoms with Crippen LogP contribution in [-0.4, -0.2) is 13.0 Å². The van der Waals surface area contributed by atoms with Crippen molar-refractivity contribution in [1.29, 1.82) is 0 Å². The molecule has 0 saturated heterocycles. The maximum atomic E-state index is 13.0. The van der Waals surface area contributed by atoms with E-state index in [0.717, 1.165) is 6.92 Å². The van der Waals surface area contributed by atoms with Crippen LogP contribution in [0.4, 0.5) is 22.0 Å². The van der Waals surface area contributed by atoms with Gasteiger partial charge in [0.2, 0.25) is 0 Å². The molecule has 1 atom stereocenters. The van der Waals surface area contributed by atoms with E-state index >= 15 is 0 Å². The Kier molecular flexibility index (Phi) is 4.08. The Morgan fingerprint density at radius 3 is 2.00 bits per heavy atom. The lowest BCUT2D eigenvalue weighted by Crippen LogP contribution is -2.45. The molecule has 0 aromatic heterocycles. The van der Waals surface area contributed by atoms with Crippen LogP contribution in [0.15, 0.2) is 12.1 Å². The zero-order valence-corrected chi connectivity index (χ0v) is 9.33. The van der Waals surface area contributed by atoms with Crippen LogP contribution in [0, 0.1) is 17.5 Å². The first-order chi connectivity index (χ1) is 7.82. The quantitative estimate of drug-likeness (QED) is 0.642. The zero-order chi connectivity index (χ0) is 13.2. The second-order valence-corrected chi connectivity index (χ2v) is 3.79. The molecule has 0 aliphatic rings. The maximum Gasteiger partial charge on any atom is 0.260 e. The monoisotopic (exact) mass is 253 g/mol. The number of halogens is 5. The van der Waals surface area contributed by atoms with Crippen LogP contribution < -0.4 is 5.32 Å². The lowest BCUT2D eigenvalue weighted by Gasteiger charge is -2.30. The third-order valence-corrected chi connectivity index (χ3v) is 2.56. The highest BCUT2D eigenvalue weighted by Gasteiger charge is 2.37. The second-order valence-electron chi connectivity index (χ2n) is 3.79. The Morgan fingerprint density at radius 1 is 1.18 bits per heavy atom. The molecule has 0 saturated carbocycles. The van der Waals surface area contributed by atoms with Crippen LogP contribution in [-0.2, 0) is 5.54 Å². The molecule has 0 radical (unpaired) electrons. The normalized spacial score (nSPS) is 15.1. The second kappa shape index (κ2) is 5.00. The van der Waals surface area contributed by atoms with Crippen molar-refractivity contribution in [2.24, 2.45) is 0 Å². The van der Waals surface area contributed by atoms with Crippen LogP contribution in [0.1, 0.15) is 19.4 Å². The average molecular weight is 253 g/mol. The van der Waals surface area contributed by atoms with Crippen molar-refractivity contribution in [2.75, 3.05) is 6.54 Å². The van der Waals surface area contributed by atoms with Crippen molar-refractivity contribution in [3.63, 3.8) is 0 Å². The number of rotatable bonds is 4. The number of nitrogens with one attached hydrogen (secondary N) is 1. The fourth-order valence-electron chi connectivity index (χ4n) is 1.53. The standard InChI is InChI=1S/C11H12F5N/c1-3-17-11(2,10(15)16)6-4-7(12)9(14)8(13)5-6/h4-5,10,17H,3H2,1-2H3. The number of hydrogen-bond donors (Lipinski definition) is 1. The molecule has 96 valence electrons. The van der Waals surface area contributed by atoms with E-state index in [1.54, 1.807) is 6.92 Å². The van der Waals surface area contributed by atoms with Crippen molar-refractivity contribution < 1.29 is 22.0 Å². The van der Waals surface area contributed by atoms with Gasteiger partial charge in [0.15, 0.2) is 17.5 Å². The van der Waals surface area contributed by atoms with E-state index < -0.39 is 29.4 Å². The Hall–Kier alpha value is -1.17. The van der Waals surface area contributed by atoms with Gasteiger partial charge in [-0.25, -0.2) is 22.0 Å². The third-order valence-electron chi connectivity index (χ3n) is 2.56. The van der Waals surface area contributed by atoms with Gasteiger partial charge in [-0.15, -0.1) is 0 Å². The predicted octanol–water partition coefficient (Wildman–Crippen LogP) is 3.19.